The first kappa shape index (κ1) is 16.0. The normalized spacial score (nSPS) is 22.0. The van der Waals surface area contributed by atoms with Gasteiger partial charge in [-0.05, 0) is 45.7 Å². The highest BCUT2D eigenvalue weighted by Crippen LogP contribution is 2.30. The van der Waals surface area contributed by atoms with E-state index < -0.39 is 0 Å². The molecule has 18 heavy (non-hydrogen) atoms. The van der Waals surface area contributed by atoms with E-state index >= 15 is 0 Å². The van der Waals surface area contributed by atoms with Crippen molar-refractivity contribution in [1.29, 1.82) is 0 Å². The fourth-order valence-electron chi connectivity index (χ4n) is 3.15. The zero-order chi connectivity index (χ0) is 13.4. The van der Waals surface area contributed by atoms with Gasteiger partial charge >= 0.3 is 0 Å². The highest BCUT2D eigenvalue weighted by Gasteiger charge is 2.37. The van der Waals surface area contributed by atoms with E-state index in [0.29, 0.717) is 0 Å². The molecular weight excluding hydrogens is 222 g/mol. The van der Waals surface area contributed by atoms with Crippen molar-refractivity contribution in [1.82, 2.24) is 4.90 Å². The lowest BCUT2D eigenvalue weighted by Crippen LogP contribution is -2.53. The molecule has 1 rings (SSSR count). The van der Waals surface area contributed by atoms with Gasteiger partial charge in [-0.3, -0.25) is 4.90 Å². The lowest BCUT2D eigenvalue weighted by Gasteiger charge is -2.42. The van der Waals surface area contributed by atoms with Crippen molar-refractivity contribution in [2.45, 2.75) is 90.2 Å². The van der Waals surface area contributed by atoms with Gasteiger partial charge in [-0.2, -0.15) is 0 Å². The van der Waals surface area contributed by atoms with Crippen molar-refractivity contribution in [3.05, 3.63) is 0 Å². The Hall–Kier alpha value is -0.0800. The fourth-order valence-corrected chi connectivity index (χ4v) is 3.15. The molecule has 0 aromatic heterocycles. The summed E-state index contributed by atoms with van der Waals surface area (Å²) in [7, 11) is 0. The second-order valence-electron chi connectivity index (χ2n) is 6.12. The summed E-state index contributed by atoms with van der Waals surface area (Å²) in [5, 5.41) is 10.5. The van der Waals surface area contributed by atoms with Gasteiger partial charge in [0.2, 0.25) is 0 Å². The highest BCUT2D eigenvalue weighted by molar-refractivity contribution is 4.93. The van der Waals surface area contributed by atoms with Crippen molar-refractivity contribution in [2.24, 2.45) is 0 Å². The largest absolute Gasteiger partial charge is 0.391 e. The second kappa shape index (κ2) is 8.16. The molecule has 1 heterocycles. The van der Waals surface area contributed by atoms with Crippen LogP contribution in [0.4, 0.5) is 0 Å². The van der Waals surface area contributed by atoms with Crippen LogP contribution in [0.15, 0.2) is 0 Å². The average molecular weight is 255 g/mol. The minimum absolute atomic E-state index is 0.0151. The number of rotatable bonds is 9. The lowest BCUT2D eigenvalue weighted by atomic mass is 9.86. The molecule has 0 bridgehead atoms. The third kappa shape index (κ3) is 4.24. The summed E-state index contributed by atoms with van der Waals surface area (Å²) in [5.41, 5.74) is 0.0151. The zero-order valence-corrected chi connectivity index (χ0v) is 12.7. The van der Waals surface area contributed by atoms with Crippen LogP contribution in [-0.4, -0.2) is 34.7 Å². The van der Waals surface area contributed by atoms with Gasteiger partial charge in [-0.25, -0.2) is 0 Å². The molecule has 0 aromatic rings. The molecule has 1 saturated heterocycles. The minimum Gasteiger partial charge on any atom is -0.391 e. The monoisotopic (exact) mass is 255 g/mol. The van der Waals surface area contributed by atoms with Crippen molar-refractivity contribution in [3.8, 4) is 0 Å². The molecular formula is C16H33NO. The predicted molar refractivity (Wildman–Crippen MR) is 78.9 cm³/mol. The molecule has 2 atom stereocenters. The molecule has 0 spiro atoms. The van der Waals surface area contributed by atoms with Crippen molar-refractivity contribution < 1.29 is 5.11 Å². The van der Waals surface area contributed by atoms with Gasteiger partial charge in [0.1, 0.15) is 0 Å². The summed E-state index contributed by atoms with van der Waals surface area (Å²) in [4.78, 5) is 2.52. The van der Waals surface area contributed by atoms with E-state index in [4.69, 9.17) is 0 Å². The standard InChI is InChI=1S/C16H33NO/c1-4-6-7-8-9-12-15(18)16(3,5-2)17-13-10-11-14-17/h15,18H,4-14H2,1-3H3. The second-order valence-corrected chi connectivity index (χ2v) is 6.12. The van der Waals surface area contributed by atoms with Crippen LogP contribution in [0.1, 0.15) is 78.6 Å². The fraction of sp³-hybridized carbons (Fsp3) is 1.00. The Morgan fingerprint density at radius 2 is 1.67 bits per heavy atom. The molecule has 0 aliphatic carbocycles. The van der Waals surface area contributed by atoms with Gasteiger partial charge in [0.25, 0.3) is 0 Å². The third-order valence-corrected chi connectivity index (χ3v) is 4.84. The van der Waals surface area contributed by atoms with E-state index in [1.54, 1.807) is 0 Å². The van der Waals surface area contributed by atoms with Crippen LogP contribution in [0.5, 0.6) is 0 Å². The Balaban J connectivity index is 2.33. The number of unbranched alkanes of at least 4 members (excludes halogenated alkanes) is 4. The number of hydrogen-bond donors (Lipinski definition) is 1. The third-order valence-electron chi connectivity index (χ3n) is 4.84. The maximum atomic E-state index is 10.5. The maximum absolute atomic E-state index is 10.5. The van der Waals surface area contributed by atoms with Gasteiger partial charge in [0.05, 0.1) is 6.10 Å². The summed E-state index contributed by atoms with van der Waals surface area (Å²) in [6.07, 6.45) is 10.9. The van der Waals surface area contributed by atoms with E-state index in [1.807, 2.05) is 0 Å². The summed E-state index contributed by atoms with van der Waals surface area (Å²) in [6, 6.07) is 0. The van der Waals surface area contributed by atoms with Gasteiger partial charge in [0, 0.05) is 5.54 Å². The van der Waals surface area contributed by atoms with E-state index in [2.05, 4.69) is 25.7 Å². The molecule has 0 radical (unpaired) electrons. The van der Waals surface area contributed by atoms with Crippen LogP contribution in [0.25, 0.3) is 0 Å². The van der Waals surface area contributed by atoms with E-state index in [1.165, 1.54) is 58.0 Å². The highest BCUT2D eigenvalue weighted by atomic mass is 16.3. The Morgan fingerprint density at radius 1 is 1.06 bits per heavy atom. The average Bonchev–Trinajstić information content (AvgIpc) is 2.91. The quantitative estimate of drug-likeness (QED) is 0.630. The van der Waals surface area contributed by atoms with Crippen LogP contribution in [-0.2, 0) is 0 Å². The molecule has 1 N–H and O–H groups in total. The minimum atomic E-state index is -0.151. The Morgan fingerprint density at radius 3 is 2.22 bits per heavy atom. The molecule has 0 amide bonds. The zero-order valence-electron chi connectivity index (χ0n) is 12.7. The Kier molecular flexibility index (Phi) is 7.25. The van der Waals surface area contributed by atoms with Crippen LogP contribution < -0.4 is 0 Å². The van der Waals surface area contributed by atoms with Gasteiger partial charge < -0.3 is 5.11 Å². The number of nitrogens with zero attached hydrogens (tertiary/aromatic N) is 1. The SMILES string of the molecule is CCCCCCCC(O)C(C)(CC)N1CCCC1. The number of hydrogen-bond acceptors (Lipinski definition) is 2. The molecule has 0 aromatic carbocycles. The van der Waals surface area contributed by atoms with E-state index in [0.717, 1.165) is 12.8 Å². The predicted octanol–water partition coefficient (Wildman–Crippen LogP) is 3.97. The maximum Gasteiger partial charge on any atom is 0.0721 e. The molecule has 2 nitrogen and oxygen atoms in total. The van der Waals surface area contributed by atoms with Crippen molar-refractivity contribution in [3.63, 3.8) is 0 Å². The summed E-state index contributed by atoms with van der Waals surface area (Å²) >= 11 is 0. The number of aliphatic hydroxyl groups excluding tert-OH is 1. The molecule has 2 heteroatoms. The van der Waals surface area contributed by atoms with Crippen LogP contribution in [0, 0.1) is 0 Å². The van der Waals surface area contributed by atoms with E-state index in [-0.39, 0.29) is 11.6 Å². The smallest absolute Gasteiger partial charge is 0.0721 e. The first-order valence-corrected chi connectivity index (χ1v) is 8.08. The number of likely N-dealkylation sites (tertiary alicyclic amines) is 1. The molecule has 2 unspecified atom stereocenters. The van der Waals surface area contributed by atoms with Gasteiger partial charge in [0.15, 0.2) is 0 Å². The molecule has 108 valence electrons. The van der Waals surface area contributed by atoms with Gasteiger partial charge in [-0.1, -0.05) is 46.0 Å². The van der Waals surface area contributed by atoms with Gasteiger partial charge in [-0.15, -0.1) is 0 Å². The first-order chi connectivity index (χ1) is 8.65. The molecule has 1 aliphatic rings. The van der Waals surface area contributed by atoms with Crippen LogP contribution in [0.2, 0.25) is 0 Å². The summed E-state index contributed by atoms with van der Waals surface area (Å²) < 4.78 is 0. The molecule has 0 saturated carbocycles. The van der Waals surface area contributed by atoms with E-state index in [9.17, 15) is 5.11 Å². The van der Waals surface area contributed by atoms with Crippen molar-refractivity contribution >= 4 is 0 Å². The Bertz CT molecular complexity index is 213. The summed E-state index contributed by atoms with van der Waals surface area (Å²) in [5.74, 6) is 0. The van der Waals surface area contributed by atoms with Crippen LogP contribution >= 0.6 is 0 Å². The molecule has 1 fully saturated rings. The lowest BCUT2D eigenvalue weighted by molar-refractivity contribution is -0.0178. The topological polar surface area (TPSA) is 23.5 Å². The molecule has 1 aliphatic heterocycles. The summed E-state index contributed by atoms with van der Waals surface area (Å²) in [6.45, 7) is 9.08. The Labute approximate surface area is 114 Å². The van der Waals surface area contributed by atoms with Crippen molar-refractivity contribution in [2.75, 3.05) is 13.1 Å². The first-order valence-electron chi connectivity index (χ1n) is 8.08. The number of aliphatic hydroxyl groups is 1. The van der Waals surface area contributed by atoms with Crippen LogP contribution in [0.3, 0.4) is 0 Å².